The van der Waals surface area contributed by atoms with Crippen LogP contribution in [0.3, 0.4) is 0 Å². The Kier molecular flexibility index (Phi) is 17.5. The molecule has 0 aliphatic rings. The van der Waals surface area contributed by atoms with Crippen LogP contribution in [0.5, 0.6) is 0 Å². The van der Waals surface area contributed by atoms with Gasteiger partial charge in [-0.1, -0.05) is 6.42 Å². The van der Waals surface area contributed by atoms with Crippen LogP contribution >= 0.6 is 0 Å². The van der Waals surface area contributed by atoms with Gasteiger partial charge in [0, 0.05) is 12.8 Å². The molecular formula is C7H12CuO4Zn+4. The maximum absolute atomic E-state index is 9.98. The van der Waals surface area contributed by atoms with Gasteiger partial charge in [0.15, 0.2) is 0 Å². The van der Waals surface area contributed by atoms with Gasteiger partial charge in [0.1, 0.15) is 0 Å². The zero-order valence-electron chi connectivity index (χ0n) is 7.26. The van der Waals surface area contributed by atoms with Crippen LogP contribution in [-0.2, 0) is 46.1 Å². The third-order valence-electron chi connectivity index (χ3n) is 1.28. The fourth-order valence-electron chi connectivity index (χ4n) is 0.729. The van der Waals surface area contributed by atoms with Crippen molar-refractivity contribution in [1.29, 1.82) is 0 Å². The van der Waals surface area contributed by atoms with Crippen LogP contribution in [0, 0.1) is 0 Å². The maximum atomic E-state index is 9.98. The number of aliphatic carboxylic acids is 2. The van der Waals surface area contributed by atoms with E-state index < -0.39 is 11.9 Å². The van der Waals surface area contributed by atoms with Gasteiger partial charge in [-0.15, -0.1) is 0 Å². The number of hydrogen-bond donors (Lipinski definition) is 2. The standard InChI is InChI=1S/C7H12O4.Cu.Zn/c8-6(9)4-2-1-3-5-7(10)11;;/h1-5H2,(H,8,9)(H,10,11);;/q;2*+2. The summed E-state index contributed by atoms with van der Waals surface area (Å²) in [6.07, 6.45) is 2.10. The van der Waals surface area contributed by atoms with Crippen LogP contribution in [0.2, 0.25) is 0 Å². The van der Waals surface area contributed by atoms with Crippen LogP contribution in [0.4, 0.5) is 0 Å². The molecule has 0 rings (SSSR count). The molecule has 4 nitrogen and oxygen atoms in total. The Bertz CT molecular complexity index is 135. The Balaban J connectivity index is -0.000000500. The Labute approximate surface area is 100 Å². The Morgan fingerprint density at radius 3 is 1.38 bits per heavy atom. The van der Waals surface area contributed by atoms with Crippen molar-refractivity contribution in [2.45, 2.75) is 32.1 Å². The summed E-state index contributed by atoms with van der Waals surface area (Å²) < 4.78 is 0. The minimum Gasteiger partial charge on any atom is -0.481 e. The van der Waals surface area contributed by atoms with Gasteiger partial charge in [0.25, 0.3) is 0 Å². The first-order chi connectivity index (χ1) is 5.13. The first-order valence-corrected chi connectivity index (χ1v) is 3.56. The van der Waals surface area contributed by atoms with Gasteiger partial charge in [0.05, 0.1) is 0 Å². The minimum atomic E-state index is -0.819. The van der Waals surface area contributed by atoms with E-state index in [9.17, 15) is 9.59 Å². The number of carboxylic acids is 2. The number of hydrogen-bond acceptors (Lipinski definition) is 2. The maximum Gasteiger partial charge on any atom is 2.00 e. The molecule has 1 radical (unpaired) electrons. The van der Waals surface area contributed by atoms with Crippen molar-refractivity contribution in [3.8, 4) is 0 Å². The molecule has 0 spiro atoms. The number of carbonyl (C=O) groups is 2. The predicted octanol–water partition coefficient (Wildman–Crippen LogP) is 1.10. The second-order valence-corrected chi connectivity index (χ2v) is 2.35. The van der Waals surface area contributed by atoms with Crippen molar-refractivity contribution >= 4 is 11.9 Å². The fourth-order valence-corrected chi connectivity index (χ4v) is 0.729. The van der Waals surface area contributed by atoms with Gasteiger partial charge in [-0.25, -0.2) is 0 Å². The van der Waals surface area contributed by atoms with E-state index in [0.717, 1.165) is 0 Å². The molecule has 0 amide bonds. The molecule has 0 aromatic heterocycles. The van der Waals surface area contributed by atoms with Gasteiger partial charge in [0.2, 0.25) is 0 Å². The first-order valence-electron chi connectivity index (χ1n) is 3.56. The average molecular weight is 289 g/mol. The normalized spacial score (nSPS) is 8.00. The molecule has 2 N–H and O–H groups in total. The summed E-state index contributed by atoms with van der Waals surface area (Å²) in [6.45, 7) is 0. The van der Waals surface area contributed by atoms with Gasteiger partial charge in [-0.3, -0.25) is 9.59 Å². The quantitative estimate of drug-likeness (QED) is 0.567. The zero-order valence-corrected chi connectivity index (χ0v) is 11.2. The molecule has 6 heteroatoms. The van der Waals surface area contributed by atoms with E-state index in [0.29, 0.717) is 19.3 Å². The van der Waals surface area contributed by atoms with Crippen molar-refractivity contribution in [3.05, 3.63) is 0 Å². The molecule has 0 aromatic carbocycles. The summed E-state index contributed by atoms with van der Waals surface area (Å²) >= 11 is 0. The third-order valence-corrected chi connectivity index (χ3v) is 1.28. The van der Waals surface area contributed by atoms with Crippen LogP contribution in [0.15, 0.2) is 0 Å². The number of carboxylic acid groups (broad SMARTS) is 2. The molecule has 0 aliphatic carbocycles. The molecule has 0 bridgehead atoms. The zero-order chi connectivity index (χ0) is 8.69. The van der Waals surface area contributed by atoms with E-state index in [1.54, 1.807) is 0 Å². The van der Waals surface area contributed by atoms with Crippen LogP contribution in [0.1, 0.15) is 32.1 Å². The summed E-state index contributed by atoms with van der Waals surface area (Å²) in [6, 6.07) is 0. The van der Waals surface area contributed by atoms with Crippen molar-refractivity contribution in [1.82, 2.24) is 0 Å². The molecular weight excluding hydrogens is 277 g/mol. The molecule has 0 atom stereocenters. The molecule has 73 valence electrons. The summed E-state index contributed by atoms with van der Waals surface area (Å²) in [5.41, 5.74) is 0. The van der Waals surface area contributed by atoms with Gasteiger partial charge < -0.3 is 10.2 Å². The summed E-state index contributed by atoms with van der Waals surface area (Å²) in [7, 11) is 0. The summed E-state index contributed by atoms with van der Waals surface area (Å²) in [4.78, 5) is 20.0. The van der Waals surface area contributed by atoms with Crippen LogP contribution in [0.25, 0.3) is 0 Å². The first kappa shape index (κ1) is 18.8. The number of unbranched alkanes of at least 4 members (excludes halogenated alkanes) is 2. The van der Waals surface area contributed by atoms with Crippen molar-refractivity contribution in [2.24, 2.45) is 0 Å². The summed E-state index contributed by atoms with van der Waals surface area (Å²) in [5, 5.41) is 16.4. The van der Waals surface area contributed by atoms with Gasteiger partial charge in [-0.05, 0) is 12.8 Å². The molecule has 0 saturated heterocycles. The van der Waals surface area contributed by atoms with Crippen molar-refractivity contribution in [3.63, 3.8) is 0 Å². The van der Waals surface area contributed by atoms with E-state index in [-0.39, 0.29) is 49.4 Å². The molecule has 0 heterocycles. The van der Waals surface area contributed by atoms with Crippen molar-refractivity contribution in [2.75, 3.05) is 0 Å². The van der Waals surface area contributed by atoms with Crippen molar-refractivity contribution < 1.29 is 56.3 Å². The molecule has 0 saturated carbocycles. The van der Waals surface area contributed by atoms with E-state index in [2.05, 4.69) is 0 Å². The Hall–Kier alpha value is 0.0829. The Morgan fingerprint density at radius 1 is 0.846 bits per heavy atom. The molecule has 0 aliphatic heterocycles. The largest absolute Gasteiger partial charge is 2.00 e. The van der Waals surface area contributed by atoms with E-state index in [4.69, 9.17) is 10.2 Å². The van der Waals surface area contributed by atoms with Gasteiger partial charge >= 0.3 is 48.5 Å². The van der Waals surface area contributed by atoms with Gasteiger partial charge in [-0.2, -0.15) is 0 Å². The fraction of sp³-hybridized carbons (Fsp3) is 0.714. The average Bonchev–Trinajstić information content (AvgIpc) is 1.85. The summed E-state index contributed by atoms with van der Waals surface area (Å²) in [5.74, 6) is -1.64. The molecule has 13 heavy (non-hydrogen) atoms. The Morgan fingerprint density at radius 2 is 1.15 bits per heavy atom. The van der Waals surface area contributed by atoms with Crippen LogP contribution in [-0.4, -0.2) is 22.2 Å². The minimum absolute atomic E-state index is 0. The topological polar surface area (TPSA) is 74.6 Å². The van der Waals surface area contributed by atoms with E-state index in [1.807, 2.05) is 0 Å². The molecule has 0 aromatic rings. The van der Waals surface area contributed by atoms with Crippen LogP contribution < -0.4 is 0 Å². The third kappa shape index (κ3) is 18.8. The van der Waals surface area contributed by atoms with E-state index >= 15 is 0 Å². The predicted molar refractivity (Wildman–Crippen MR) is 38.4 cm³/mol. The monoisotopic (exact) mass is 287 g/mol. The molecule has 0 fully saturated rings. The van der Waals surface area contributed by atoms with E-state index in [1.165, 1.54) is 0 Å². The second kappa shape index (κ2) is 12.1. The second-order valence-electron chi connectivity index (χ2n) is 2.35. The number of rotatable bonds is 6. The smallest absolute Gasteiger partial charge is 0.481 e. The SMILES string of the molecule is O=C(O)CCCCCC(=O)O.[Cu+2].[Zn+2]. The molecule has 0 unspecified atom stereocenters.